The number of hydrogen-bond acceptors (Lipinski definition) is 6. The van der Waals surface area contributed by atoms with Crippen molar-refractivity contribution in [3.63, 3.8) is 0 Å². The van der Waals surface area contributed by atoms with Gasteiger partial charge in [-0.25, -0.2) is 15.0 Å². The second kappa shape index (κ2) is 10.7. The molecule has 0 saturated heterocycles. The molecule has 0 N–H and O–H groups in total. The van der Waals surface area contributed by atoms with Crippen LogP contribution in [0.3, 0.4) is 0 Å². The van der Waals surface area contributed by atoms with Gasteiger partial charge in [0.1, 0.15) is 33.5 Å². The molecule has 0 aliphatic rings. The zero-order valence-electron chi connectivity index (χ0n) is 27.0. The largest absolute Gasteiger partial charge is 0.456 e. The van der Waals surface area contributed by atoms with E-state index in [2.05, 4.69) is 60.7 Å². The Labute approximate surface area is 290 Å². The fourth-order valence-electron chi connectivity index (χ4n) is 7.22. The van der Waals surface area contributed by atoms with Crippen LogP contribution in [0.25, 0.3) is 111 Å². The smallest absolute Gasteiger partial charge is 0.164 e. The lowest BCUT2D eigenvalue weighted by molar-refractivity contribution is 0.668. The van der Waals surface area contributed by atoms with Crippen LogP contribution in [0.15, 0.2) is 165 Å². The van der Waals surface area contributed by atoms with E-state index in [1.165, 1.54) is 0 Å². The van der Waals surface area contributed by atoms with E-state index in [1.54, 1.807) is 0 Å². The third kappa shape index (κ3) is 4.47. The van der Waals surface area contributed by atoms with Crippen molar-refractivity contribution in [2.24, 2.45) is 0 Å². The molecule has 0 bridgehead atoms. The normalized spacial score (nSPS) is 11.9. The number of hydrogen-bond donors (Lipinski definition) is 0. The van der Waals surface area contributed by atoms with E-state index in [-0.39, 0.29) is 0 Å². The maximum Gasteiger partial charge on any atom is 0.164 e. The molecule has 6 nitrogen and oxygen atoms in total. The lowest BCUT2D eigenvalue weighted by Gasteiger charge is -2.08. The first kappa shape index (κ1) is 27.9. The molecule has 0 spiro atoms. The number of furan rings is 3. The Hall–Kier alpha value is -7.05. The molecular formula is C45H25N3O3. The molecule has 0 aliphatic carbocycles. The SMILES string of the molecule is c1ccc(-c2nc(-c3ccc4c(c3)oc3ccc(-c5ccc6oc7ccccc7c6c5)cc34)nc(-c3ccc4oc5ccccc5c4c3)n2)cc1. The Morgan fingerprint density at radius 1 is 0.255 bits per heavy atom. The molecule has 238 valence electrons. The Morgan fingerprint density at radius 3 is 1.24 bits per heavy atom. The highest BCUT2D eigenvalue weighted by atomic mass is 16.3. The predicted molar refractivity (Wildman–Crippen MR) is 203 cm³/mol. The van der Waals surface area contributed by atoms with Gasteiger partial charge in [0.15, 0.2) is 17.5 Å². The topological polar surface area (TPSA) is 78.1 Å². The van der Waals surface area contributed by atoms with Crippen LogP contribution in [0.1, 0.15) is 0 Å². The van der Waals surface area contributed by atoms with E-state index in [4.69, 9.17) is 28.2 Å². The van der Waals surface area contributed by atoms with Crippen molar-refractivity contribution in [2.75, 3.05) is 0 Å². The molecule has 0 saturated carbocycles. The molecule has 11 aromatic rings. The van der Waals surface area contributed by atoms with E-state index in [9.17, 15) is 0 Å². The molecule has 0 fully saturated rings. The third-order valence-electron chi connectivity index (χ3n) is 9.74. The average Bonchev–Trinajstić information content (AvgIpc) is 3.88. The summed E-state index contributed by atoms with van der Waals surface area (Å²) < 4.78 is 18.6. The Kier molecular flexibility index (Phi) is 5.86. The van der Waals surface area contributed by atoms with Crippen molar-refractivity contribution in [2.45, 2.75) is 0 Å². The summed E-state index contributed by atoms with van der Waals surface area (Å²) in [5, 5.41) is 6.38. The van der Waals surface area contributed by atoms with E-state index < -0.39 is 0 Å². The van der Waals surface area contributed by atoms with Crippen molar-refractivity contribution in [3.8, 4) is 45.3 Å². The van der Waals surface area contributed by atoms with E-state index in [0.29, 0.717) is 17.5 Å². The number of nitrogens with zero attached hydrogens (tertiary/aromatic N) is 3. The third-order valence-corrected chi connectivity index (χ3v) is 9.74. The van der Waals surface area contributed by atoms with Gasteiger partial charge in [-0.2, -0.15) is 0 Å². The monoisotopic (exact) mass is 655 g/mol. The highest BCUT2D eigenvalue weighted by Gasteiger charge is 2.17. The lowest BCUT2D eigenvalue weighted by atomic mass is 10.0. The molecule has 4 aromatic heterocycles. The number of fused-ring (bicyclic) bond motifs is 9. The van der Waals surface area contributed by atoms with Crippen LogP contribution in [-0.4, -0.2) is 15.0 Å². The number of para-hydroxylation sites is 2. The molecular weight excluding hydrogens is 631 g/mol. The molecule has 51 heavy (non-hydrogen) atoms. The Morgan fingerprint density at radius 2 is 0.647 bits per heavy atom. The summed E-state index contributed by atoms with van der Waals surface area (Å²) in [5.74, 6) is 1.76. The van der Waals surface area contributed by atoms with Crippen LogP contribution in [0.2, 0.25) is 0 Å². The minimum Gasteiger partial charge on any atom is -0.456 e. The van der Waals surface area contributed by atoms with Crippen LogP contribution in [-0.2, 0) is 0 Å². The van der Waals surface area contributed by atoms with Crippen molar-refractivity contribution in [1.29, 1.82) is 0 Å². The first-order valence-corrected chi connectivity index (χ1v) is 16.8. The summed E-state index contributed by atoms with van der Waals surface area (Å²) in [6.07, 6.45) is 0. The number of benzene rings is 7. The molecule has 0 radical (unpaired) electrons. The quantitative estimate of drug-likeness (QED) is 0.188. The second-order valence-corrected chi connectivity index (χ2v) is 12.8. The van der Waals surface area contributed by atoms with E-state index >= 15 is 0 Å². The maximum absolute atomic E-state index is 6.43. The molecule has 0 amide bonds. The summed E-state index contributed by atoms with van der Waals surface area (Å²) >= 11 is 0. The molecule has 0 atom stereocenters. The first-order chi connectivity index (χ1) is 25.2. The molecule has 6 heteroatoms. The van der Waals surface area contributed by atoms with Crippen LogP contribution >= 0.6 is 0 Å². The zero-order valence-corrected chi connectivity index (χ0v) is 27.0. The summed E-state index contributed by atoms with van der Waals surface area (Å²) in [7, 11) is 0. The minimum atomic E-state index is 0.569. The van der Waals surface area contributed by atoms with Crippen LogP contribution < -0.4 is 0 Å². The second-order valence-electron chi connectivity index (χ2n) is 12.8. The van der Waals surface area contributed by atoms with Gasteiger partial charge >= 0.3 is 0 Å². The summed E-state index contributed by atoms with van der Waals surface area (Å²) in [6, 6.07) is 51.2. The van der Waals surface area contributed by atoms with Crippen molar-refractivity contribution < 1.29 is 13.3 Å². The van der Waals surface area contributed by atoms with Gasteiger partial charge in [0, 0.05) is 49.0 Å². The highest BCUT2D eigenvalue weighted by molar-refractivity contribution is 6.09. The van der Waals surface area contributed by atoms with Crippen LogP contribution in [0.5, 0.6) is 0 Å². The van der Waals surface area contributed by atoms with Crippen LogP contribution in [0.4, 0.5) is 0 Å². The Balaban J connectivity index is 1.03. The van der Waals surface area contributed by atoms with Gasteiger partial charge in [0.25, 0.3) is 0 Å². The standard InChI is InChI=1S/C45H25N3O3/c1-2-8-26(9-3-1)43-46-44(29-17-21-40-36(24-29)32-11-5-7-13-38(32)50-40)48-45(47-43)30-14-18-33-35-23-28(16-20-41(35)51-42(33)25-30)27-15-19-39-34(22-27)31-10-4-6-12-37(31)49-39/h1-25H. The van der Waals surface area contributed by atoms with Gasteiger partial charge in [0.2, 0.25) is 0 Å². The maximum atomic E-state index is 6.43. The lowest BCUT2D eigenvalue weighted by Crippen LogP contribution is -2.00. The van der Waals surface area contributed by atoms with Gasteiger partial charge in [-0.1, -0.05) is 84.9 Å². The summed E-state index contributed by atoms with van der Waals surface area (Å²) in [4.78, 5) is 14.9. The number of rotatable bonds is 4. The van der Waals surface area contributed by atoms with Crippen LogP contribution in [0, 0.1) is 0 Å². The summed E-state index contributed by atoms with van der Waals surface area (Å²) in [6.45, 7) is 0. The highest BCUT2D eigenvalue weighted by Crippen LogP contribution is 2.38. The summed E-state index contributed by atoms with van der Waals surface area (Å²) in [5.41, 5.74) is 9.91. The van der Waals surface area contributed by atoms with Crippen molar-refractivity contribution in [1.82, 2.24) is 15.0 Å². The predicted octanol–water partition coefficient (Wildman–Crippen LogP) is 12.2. The Bertz CT molecular complexity index is 3150. The van der Waals surface area contributed by atoms with E-state index in [0.717, 1.165) is 93.6 Å². The fraction of sp³-hybridized carbons (Fsp3) is 0. The average molecular weight is 656 g/mol. The van der Waals surface area contributed by atoms with Gasteiger partial charge in [0.05, 0.1) is 0 Å². The van der Waals surface area contributed by atoms with Gasteiger partial charge in [-0.05, 0) is 77.9 Å². The van der Waals surface area contributed by atoms with E-state index in [1.807, 2.05) is 91.0 Å². The van der Waals surface area contributed by atoms with Crippen molar-refractivity contribution in [3.05, 3.63) is 152 Å². The van der Waals surface area contributed by atoms with Gasteiger partial charge in [-0.15, -0.1) is 0 Å². The molecule has 0 unspecified atom stereocenters. The number of aromatic nitrogens is 3. The van der Waals surface area contributed by atoms with Gasteiger partial charge < -0.3 is 13.3 Å². The van der Waals surface area contributed by atoms with Crippen molar-refractivity contribution >= 4 is 65.8 Å². The molecule has 7 aromatic carbocycles. The fourth-order valence-corrected chi connectivity index (χ4v) is 7.22. The zero-order chi connectivity index (χ0) is 33.5. The molecule has 0 aliphatic heterocycles. The first-order valence-electron chi connectivity index (χ1n) is 16.8. The van der Waals surface area contributed by atoms with Gasteiger partial charge in [-0.3, -0.25) is 0 Å². The minimum absolute atomic E-state index is 0.569. The molecule has 11 rings (SSSR count). The molecule has 4 heterocycles.